The van der Waals surface area contributed by atoms with Crippen LogP contribution in [0.5, 0.6) is 0 Å². The molecule has 0 N–H and O–H groups in total. The van der Waals surface area contributed by atoms with E-state index in [0.29, 0.717) is 5.92 Å². The summed E-state index contributed by atoms with van der Waals surface area (Å²) >= 11 is -0.683. The van der Waals surface area contributed by atoms with Crippen molar-refractivity contribution in [3.8, 4) is 11.1 Å². The van der Waals surface area contributed by atoms with E-state index >= 15 is 0 Å². The fourth-order valence-electron chi connectivity index (χ4n) is 7.35. The van der Waals surface area contributed by atoms with Gasteiger partial charge in [-0.05, 0) is 0 Å². The molecular weight excluding hydrogens is 587 g/mol. The monoisotopic (exact) mass is 626 g/mol. The van der Waals surface area contributed by atoms with E-state index in [-0.39, 0.29) is 24.8 Å². The molecule has 4 heteroatoms. The van der Waals surface area contributed by atoms with Crippen LogP contribution in [0.4, 0.5) is 0 Å². The molecule has 0 radical (unpaired) electrons. The largest absolute Gasteiger partial charge is 1.00 e. The Bertz CT molecular complexity index is 1290. The molecule has 0 amide bonds. The Morgan fingerprint density at radius 1 is 0.892 bits per heavy atom. The average molecular weight is 629 g/mol. The molecule has 0 spiro atoms. The molecule has 0 saturated carbocycles. The first-order chi connectivity index (χ1) is 16.5. The van der Waals surface area contributed by atoms with Crippen LogP contribution in [-0.2, 0) is 35.2 Å². The van der Waals surface area contributed by atoms with E-state index in [9.17, 15) is 0 Å². The van der Waals surface area contributed by atoms with Gasteiger partial charge in [-0.15, -0.1) is 0 Å². The number of rotatable bonds is 5. The second kappa shape index (κ2) is 11.4. The fraction of sp³-hybridized carbons (Fsp3) is 0.455. The first-order valence-corrected chi connectivity index (χ1v) is 21.8. The molecule has 3 aliphatic carbocycles. The van der Waals surface area contributed by atoms with Gasteiger partial charge >= 0.3 is 227 Å². The topological polar surface area (TPSA) is 0 Å². The van der Waals surface area contributed by atoms with Gasteiger partial charge < -0.3 is 24.8 Å². The van der Waals surface area contributed by atoms with Gasteiger partial charge in [0.1, 0.15) is 0 Å². The van der Waals surface area contributed by atoms with E-state index in [2.05, 4.69) is 98.0 Å². The zero-order valence-corrected chi connectivity index (χ0v) is 29.0. The molecule has 1 unspecified atom stereocenters. The van der Waals surface area contributed by atoms with Crippen molar-refractivity contribution in [1.82, 2.24) is 0 Å². The SMILES string of the molecule is CC1=Cc2c(cc3c(c2-c2ccccc2C(C)C)CCC3)[CH]1[Zr+2][Si](C)(C)C1C(C)=C(C)C(C)=C1C.[Cl-].[Cl-]. The number of hydrogen-bond donors (Lipinski definition) is 0. The van der Waals surface area contributed by atoms with Gasteiger partial charge in [0.05, 0.1) is 0 Å². The van der Waals surface area contributed by atoms with Crippen molar-refractivity contribution in [2.24, 2.45) is 0 Å². The Labute approximate surface area is 249 Å². The van der Waals surface area contributed by atoms with Gasteiger partial charge in [0.15, 0.2) is 0 Å². The summed E-state index contributed by atoms with van der Waals surface area (Å²) in [4.78, 5) is 0. The summed E-state index contributed by atoms with van der Waals surface area (Å²) in [5.41, 5.74) is 20.2. The van der Waals surface area contributed by atoms with E-state index in [0.717, 1.165) is 9.17 Å². The molecule has 0 aliphatic heterocycles. The molecule has 0 aromatic heterocycles. The molecule has 5 rings (SSSR count). The summed E-state index contributed by atoms with van der Waals surface area (Å²) < 4.78 is 0.743. The summed E-state index contributed by atoms with van der Waals surface area (Å²) in [6.45, 7) is 22.2. The molecule has 2 aromatic rings. The summed E-state index contributed by atoms with van der Waals surface area (Å²) in [7, 11) is 0. The summed E-state index contributed by atoms with van der Waals surface area (Å²) in [6, 6.07) is 11.9. The van der Waals surface area contributed by atoms with E-state index in [1.807, 2.05) is 0 Å². The standard InChI is InChI=1S/C22H23.C11H19Si.2ClH.Zr/c1-14(2)18-8-4-5-9-20(18)22-19-10-6-7-16(19)13-17-11-15(3)12-21(17)22;1-7-8(2)10(4)11(9(7)3)12(5)6;;;/h4-5,8-9,11-14H,6-7,10H2,1-3H3;11H,1-6H3;2*1H;/q;;;;+2/p-2. The number of fused-ring (bicyclic) bond motifs is 2. The Morgan fingerprint density at radius 3 is 2.14 bits per heavy atom. The van der Waals surface area contributed by atoms with Crippen LogP contribution in [0, 0.1) is 0 Å². The van der Waals surface area contributed by atoms with Crippen LogP contribution < -0.4 is 24.8 Å². The van der Waals surface area contributed by atoms with Crippen LogP contribution in [0.1, 0.15) is 92.2 Å². The van der Waals surface area contributed by atoms with Gasteiger partial charge in [-0.2, -0.15) is 0 Å². The zero-order valence-electron chi connectivity index (χ0n) is 24.1. The van der Waals surface area contributed by atoms with Crippen molar-refractivity contribution < 1.29 is 47.2 Å². The minimum atomic E-state index is -1.39. The third kappa shape index (κ3) is 5.15. The van der Waals surface area contributed by atoms with Gasteiger partial charge in [0, 0.05) is 0 Å². The molecule has 0 fully saturated rings. The predicted octanol–water partition coefficient (Wildman–Crippen LogP) is 3.78. The van der Waals surface area contributed by atoms with E-state index in [4.69, 9.17) is 0 Å². The van der Waals surface area contributed by atoms with E-state index < -0.39 is 27.6 Å². The van der Waals surface area contributed by atoms with Gasteiger partial charge in [-0.25, -0.2) is 0 Å². The van der Waals surface area contributed by atoms with Crippen LogP contribution in [0.3, 0.4) is 0 Å². The van der Waals surface area contributed by atoms with Crippen LogP contribution in [0.15, 0.2) is 58.2 Å². The molecule has 2 aromatic carbocycles. The molecule has 0 bridgehead atoms. The Balaban J connectivity index is 0.00000190. The average Bonchev–Trinajstić information content (AvgIpc) is 3.45. The second-order valence-corrected chi connectivity index (χ2v) is 29.6. The molecular formula is C33H42Cl2SiZr. The fourth-order valence-corrected chi connectivity index (χ4v) is 24.8. The molecule has 0 saturated heterocycles. The maximum absolute atomic E-state index is 2.73. The Hall–Kier alpha value is -0.660. The maximum atomic E-state index is 2.73. The molecule has 3 aliphatic rings. The number of allylic oxidation sites excluding steroid dienone is 5. The van der Waals surface area contributed by atoms with Gasteiger partial charge in [-0.3, -0.25) is 0 Å². The first-order valence-electron chi connectivity index (χ1n) is 13.6. The summed E-state index contributed by atoms with van der Waals surface area (Å²) in [6.07, 6.45) is 6.45. The maximum Gasteiger partial charge on any atom is -1.00 e. The minimum absolute atomic E-state index is 0. The zero-order chi connectivity index (χ0) is 25.2. The number of aryl methyl sites for hydroxylation is 1. The summed E-state index contributed by atoms with van der Waals surface area (Å²) in [5, 5.41) is -1.39. The third-order valence-corrected chi connectivity index (χ3v) is 24.3. The first kappa shape index (κ1) is 30.9. The molecule has 1 atom stereocenters. The van der Waals surface area contributed by atoms with Crippen molar-refractivity contribution in [2.75, 3.05) is 0 Å². The van der Waals surface area contributed by atoms with Crippen LogP contribution >= 0.6 is 0 Å². The molecule has 0 nitrogen and oxygen atoms in total. The van der Waals surface area contributed by atoms with E-state index in [1.54, 1.807) is 55.7 Å². The molecule has 0 heterocycles. The van der Waals surface area contributed by atoms with Crippen molar-refractivity contribution >= 4 is 11.3 Å². The second-order valence-electron chi connectivity index (χ2n) is 12.2. The number of benzene rings is 2. The Kier molecular flexibility index (Phi) is 9.55. The quantitative estimate of drug-likeness (QED) is 0.443. The van der Waals surface area contributed by atoms with Crippen LogP contribution in [0.2, 0.25) is 18.6 Å². The number of hydrogen-bond acceptors (Lipinski definition) is 0. The van der Waals surface area contributed by atoms with Crippen molar-refractivity contribution in [1.29, 1.82) is 0 Å². The van der Waals surface area contributed by atoms with Crippen molar-refractivity contribution in [3.63, 3.8) is 0 Å². The van der Waals surface area contributed by atoms with Gasteiger partial charge in [-0.1, -0.05) is 0 Å². The van der Waals surface area contributed by atoms with Gasteiger partial charge in [0.2, 0.25) is 0 Å². The predicted molar refractivity (Wildman–Crippen MR) is 152 cm³/mol. The van der Waals surface area contributed by atoms with Crippen LogP contribution in [0.25, 0.3) is 17.2 Å². The van der Waals surface area contributed by atoms with Crippen LogP contribution in [-0.4, -0.2) is 5.20 Å². The van der Waals surface area contributed by atoms with Crippen molar-refractivity contribution in [2.45, 2.75) is 95.9 Å². The molecule has 37 heavy (non-hydrogen) atoms. The van der Waals surface area contributed by atoms with Gasteiger partial charge in [0.25, 0.3) is 0 Å². The normalized spacial score (nSPS) is 19.0. The van der Waals surface area contributed by atoms with E-state index in [1.165, 1.54) is 30.4 Å². The minimum Gasteiger partial charge on any atom is -1.00 e. The van der Waals surface area contributed by atoms with Crippen molar-refractivity contribution in [3.05, 3.63) is 86.0 Å². The summed E-state index contributed by atoms with van der Waals surface area (Å²) in [5.74, 6) is 0.544. The third-order valence-electron chi connectivity index (χ3n) is 9.31. The Morgan fingerprint density at radius 2 is 1.51 bits per heavy atom. The molecule has 196 valence electrons. The smallest absolute Gasteiger partial charge is 1.00 e. The number of halogens is 2.